The molecule has 0 aliphatic carbocycles. The average Bonchev–Trinajstić information content (AvgIpc) is 3.10. The molecule has 1 atom stereocenters. The molecule has 1 aliphatic heterocycles. The standard InChI is InChI=1S/C18H14N4O3/c23-16(15-10-12-6-4-5-9-14(12)17(24)25-15)20-18-21-19-11-22(18)13-7-2-1-3-8-13/h1-9,11,15H,10H2,(H,20,21,23)/t15-/m1/s1. The van der Waals surface area contributed by atoms with Crippen molar-refractivity contribution < 1.29 is 14.3 Å². The van der Waals surface area contributed by atoms with Crippen LogP contribution in [-0.2, 0) is 16.0 Å². The van der Waals surface area contributed by atoms with Crippen LogP contribution in [0.15, 0.2) is 60.9 Å². The van der Waals surface area contributed by atoms with Crippen LogP contribution < -0.4 is 5.32 Å². The molecule has 2 aromatic carbocycles. The van der Waals surface area contributed by atoms with Crippen LogP contribution >= 0.6 is 0 Å². The van der Waals surface area contributed by atoms with Crippen molar-refractivity contribution in [3.05, 3.63) is 72.1 Å². The van der Waals surface area contributed by atoms with Gasteiger partial charge in [-0.25, -0.2) is 4.79 Å². The fraction of sp³-hybridized carbons (Fsp3) is 0.111. The second kappa shape index (κ2) is 6.20. The van der Waals surface area contributed by atoms with Gasteiger partial charge in [0.2, 0.25) is 5.95 Å². The molecule has 0 fully saturated rings. The van der Waals surface area contributed by atoms with Crippen LogP contribution in [0.3, 0.4) is 0 Å². The van der Waals surface area contributed by atoms with Crippen LogP contribution in [0, 0.1) is 0 Å². The maximum absolute atomic E-state index is 12.5. The number of carbonyl (C=O) groups is 2. The number of benzene rings is 2. The molecule has 25 heavy (non-hydrogen) atoms. The first-order valence-corrected chi connectivity index (χ1v) is 7.77. The number of nitrogens with one attached hydrogen (secondary N) is 1. The van der Waals surface area contributed by atoms with E-state index >= 15 is 0 Å². The third-order valence-electron chi connectivity index (χ3n) is 4.00. The van der Waals surface area contributed by atoms with Crippen LogP contribution in [-0.4, -0.2) is 32.7 Å². The number of ether oxygens (including phenoxy) is 1. The molecule has 0 saturated carbocycles. The molecule has 0 bridgehead atoms. The van der Waals surface area contributed by atoms with Crippen molar-refractivity contribution >= 4 is 17.8 Å². The fourth-order valence-electron chi connectivity index (χ4n) is 2.77. The Kier molecular flexibility index (Phi) is 3.74. The Labute approximate surface area is 143 Å². The highest BCUT2D eigenvalue weighted by atomic mass is 16.5. The molecule has 0 saturated heterocycles. The maximum Gasteiger partial charge on any atom is 0.339 e. The Morgan fingerprint density at radius 3 is 2.72 bits per heavy atom. The zero-order valence-electron chi connectivity index (χ0n) is 13.1. The third-order valence-corrected chi connectivity index (χ3v) is 4.00. The second-order valence-electron chi connectivity index (χ2n) is 5.60. The van der Waals surface area contributed by atoms with Crippen molar-refractivity contribution in [3.63, 3.8) is 0 Å². The number of hydrogen-bond donors (Lipinski definition) is 1. The number of aromatic nitrogens is 3. The molecule has 7 heteroatoms. The number of hydrogen-bond acceptors (Lipinski definition) is 5. The number of amides is 1. The molecular formula is C18H14N4O3. The quantitative estimate of drug-likeness (QED) is 0.740. The van der Waals surface area contributed by atoms with Gasteiger partial charge in [0.05, 0.1) is 11.3 Å². The molecule has 1 amide bonds. The summed E-state index contributed by atoms with van der Waals surface area (Å²) in [6.07, 6.45) is 0.934. The van der Waals surface area contributed by atoms with E-state index in [1.807, 2.05) is 42.5 Å². The smallest absolute Gasteiger partial charge is 0.339 e. The monoisotopic (exact) mass is 334 g/mol. The van der Waals surface area contributed by atoms with Crippen LogP contribution in [0.4, 0.5) is 5.95 Å². The molecule has 0 radical (unpaired) electrons. The number of esters is 1. The summed E-state index contributed by atoms with van der Waals surface area (Å²) in [4.78, 5) is 24.6. The van der Waals surface area contributed by atoms with Gasteiger partial charge < -0.3 is 4.74 Å². The molecule has 0 unspecified atom stereocenters. The number of para-hydroxylation sites is 1. The molecule has 124 valence electrons. The Bertz CT molecular complexity index is 936. The van der Waals surface area contributed by atoms with E-state index in [2.05, 4.69) is 15.5 Å². The zero-order chi connectivity index (χ0) is 17.2. The molecule has 1 N–H and O–H groups in total. The van der Waals surface area contributed by atoms with E-state index in [0.29, 0.717) is 12.0 Å². The minimum atomic E-state index is -0.900. The van der Waals surface area contributed by atoms with Crippen LogP contribution in [0.5, 0.6) is 0 Å². The average molecular weight is 334 g/mol. The maximum atomic E-state index is 12.5. The van der Waals surface area contributed by atoms with Gasteiger partial charge in [-0.1, -0.05) is 36.4 Å². The van der Waals surface area contributed by atoms with E-state index < -0.39 is 18.0 Å². The first-order valence-electron chi connectivity index (χ1n) is 7.77. The summed E-state index contributed by atoms with van der Waals surface area (Å²) in [6.45, 7) is 0. The lowest BCUT2D eigenvalue weighted by Crippen LogP contribution is -2.38. The van der Waals surface area contributed by atoms with Gasteiger partial charge in [-0.3, -0.25) is 14.7 Å². The van der Waals surface area contributed by atoms with E-state index in [-0.39, 0.29) is 5.95 Å². The summed E-state index contributed by atoms with van der Waals surface area (Å²) in [5, 5.41) is 10.5. The summed E-state index contributed by atoms with van der Waals surface area (Å²) >= 11 is 0. The lowest BCUT2D eigenvalue weighted by Gasteiger charge is -2.23. The van der Waals surface area contributed by atoms with Gasteiger partial charge >= 0.3 is 5.97 Å². The van der Waals surface area contributed by atoms with Gasteiger partial charge in [0.15, 0.2) is 6.10 Å². The Hall–Kier alpha value is -3.48. The van der Waals surface area contributed by atoms with Crippen molar-refractivity contribution in [3.8, 4) is 5.69 Å². The Morgan fingerprint density at radius 1 is 1.12 bits per heavy atom. The first-order chi connectivity index (χ1) is 12.2. The highest BCUT2D eigenvalue weighted by molar-refractivity contribution is 5.99. The predicted molar refractivity (Wildman–Crippen MR) is 89.3 cm³/mol. The SMILES string of the molecule is O=C1O[C@@H](C(=O)Nc2nncn2-c2ccccc2)Cc2ccccc21. The number of cyclic esters (lactones) is 1. The molecule has 3 aromatic rings. The molecule has 1 aromatic heterocycles. The summed E-state index contributed by atoms with van der Waals surface area (Å²) in [7, 11) is 0. The highest BCUT2D eigenvalue weighted by Gasteiger charge is 2.31. The summed E-state index contributed by atoms with van der Waals surface area (Å²) in [5.74, 6) is -0.661. The first kappa shape index (κ1) is 15.1. The Balaban J connectivity index is 1.55. The minimum absolute atomic E-state index is 0.270. The van der Waals surface area contributed by atoms with Gasteiger partial charge in [-0.05, 0) is 23.8 Å². The lowest BCUT2D eigenvalue weighted by atomic mass is 9.98. The van der Waals surface area contributed by atoms with Crippen molar-refractivity contribution in [2.45, 2.75) is 12.5 Å². The van der Waals surface area contributed by atoms with Gasteiger partial charge in [0.1, 0.15) is 6.33 Å². The number of anilines is 1. The van der Waals surface area contributed by atoms with Gasteiger partial charge in [-0.2, -0.15) is 0 Å². The fourth-order valence-corrected chi connectivity index (χ4v) is 2.77. The van der Waals surface area contributed by atoms with Gasteiger partial charge in [0, 0.05) is 6.42 Å². The van der Waals surface area contributed by atoms with Gasteiger partial charge in [0.25, 0.3) is 5.91 Å². The van der Waals surface area contributed by atoms with Crippen molar-refractivity contribution in [2.75, 3.05) is 5.32 Å². The van der Waals surface area contributed by atoms with E-state index in [4.69, 9.17) is 4.74 Å². The Morgan fingerprint density at radius 2 is 1.88 bits per heavy atom. The summed E-state index contributed by atoms with van der Waals surface area (Å²) < 4.78 is 6.91. The molecule has 2 heterocycles. The largest absolute Gasteiger partial charge is 0.448 e. The van der Waals surface area contributed by atoms with E-state index in [1.54, 1.807) is 16.7 Å². The van der Waals surface area contributed by atoms with E-state index in [0.717, 1.165) is 11.3 Å². The number of fused-ring (bicyclic) bond motifs is 1. The van der Waals surface area contributed by atoms with Crippen molar-refractivity contribution in [2.24, 2.45) is 0 Å². The predicted octanol–water partition coefficient (Wildman–Crippen LogP) is 1.99. The normalized spacial score (nSPS) is 16.0. The highest BCUT2D eigenvalue weighted by Crippen LogP contribution is 2.21. The lowest BCUT2D eigenvalue weighted by molar-refractivity contribution is -0.125. The number of rotatable bonds is 3. The van der Waals surface area contributed by atoms with Crippen molar-refractivity contribution in [1.82, 2.24) is 14.8 Å². The zero-order valence-corrected chi connectivity index (χ0v) is 13.1. The minimum Gasteiger partial charge on any atom is -0.448 e. The van der Waals surface area contributed by atoms with E-state index in [1.165, 1.54) is 6.33 Å². The summed E-state index contributed by atoms with van der Waals surface area (Å²) in [5.41, 5.74) is 2.11. The topological polar surface area (TPSA) is 86.1 Å². The van der Waals surface area contributed by atoms with Crippen LogP contribution in [0.25, 0.3) is 5.69 Å². The third kappa shape index (κ3) is 2.87. The molecule has 1 aliphatic rings. The van der Waals surface area contributed by atoms with Crippen LogP contribution in [0.2, 0.25) is 0 Å². The number of carbonyl (C=O) groups excluding carboxylic acids is 2. The molecule has 7 nitrogen and oxygen atoms in total. The van der Waals surface area contributed by atoms with E-state index in [9.17, 15) is 9.59 Å². The molecular weight excluding hydrogens is 320 g/mol. The van der Waals surface area contributed by atoms with Crippen molar-refractivity contribution in [1.29, 1.82) is 0 Å². The molecule has 4 rings (SSSR count). The van der Waals surface area contributed by atoms with Gasteiger partial charge in [-0.15, -0.1) is 10.2 Å². The number of nitrogens with zero attached hydrogens (tertiary/aromatic N) is 3. The summed E-state index contributed by atoms with van der Waals surface area (Å²) in [6, 6.07) is 16.5. The second-order valence-corrected chi connectivity index (χ2v) is 5.60. The molecule has 0 spiro atoms. The van der Waals surface area contributed by atoms with Crippen LogP contribution in [0.1, 0.15) is 15.9 Å².